The zero-order chi connectivity index (χ0) is 28.6. The first-order valence-corrected chi connectivity index (χ1v) is 14.5. The molecule has 1 aliphatic rings. The lowest BCUT2D eigenvalue weighted by Gasteiger charge is -2.40. The first kappa shape index (κ1) is 31.3. The molecule has 6 N–H and O–H groups in total. The van der Waals surface area contributed by atoms with E-state index in [1.54, 1.807) is 13.2 Å². The molecule has 0 aromatic heterocycles. The van der Waals surface area contributed by atoms with Gasteiger partial charge >= 0.3 is 0 Å². The van der Waals surface area contributed by atoms with E-state index >= 15 is 0 Å². The summed E-state index contributed by atoms with van der Waals surface area (Å²) in [5.74, 6) is 0.517. The fourth-order valence-electron chi connectivity index (χ4n) is 4.41. The monoisotopic (exact) mass is 563 g/mol. The standard InChI is InChI=1S/C29H41NO8S/c1-18-7-10-20(27-25(35)24(34)26(36)28(38-27)39-3)15-21(18)14-19-8-11-22(12-9-19)37-13-5-4-6-23(33)30-29(2,16-31)17-32/h7-12,15,24-28,31-32,34-36H,4-6,13-14,16-17H2,1-3H3,(H,30,33)/t24-,25-,26+,27+,28-/m1/s1. The summed E-state index contributed by atoms with van der Waals surface area (Å²) in [5.41, 5.74) is 2.35. The van der Waals surface area contributed by atoms with E-state index in [4.69, 9.17) is 9.47 Å². The molecular formula is C29H41NO8S. The molecule has 2 aromatic carbocycles. The first-order chi connectivity index (χ1) is 18.6. The molecule has 0 spiro atoms. The zero-order valence-electron chi connectivity index (χ0n) is 22.7. The summed E-state index contributed by atoms with van der Waals surface area (Å²) in [7, 11) is 0. The quantitative estimate of drug-likeness (QED) is 0.201. The lowest BCUT2D eigenvalue weighted by Crippen LogP contribution is -2.52. The molecule has 5 atom stereocenters. The molecule has 1 saturated heterocycles. The maximum absolute atomic E-state index is 12.0. The summed E-state index contributed by atoms with van der Waals surface area (Å²) in [6.45, 7) is 3.42. The van der Waals surface area contributed by atoms with Crippen molar-refractivity contribution in [2.75, 3.05) is 26.1 Å². The molecule has 1 fully saturated rings. The van der Waals surface area contributed by atoms with Crippen molar-refractivity contribution in [3.05, 3.63) is 64.7 Å². The van der Waals surface area contributed by atoms with E-state index in [2.05, 4.69) is 5.32 Å². The van der Waals surface area contributed by atoms with Crippen molar-refractivity contribution in [1.29, 1.82) is 0 Å². The average Bonchev–Trinajstić information content (AvgIpc) is 2.94. The Labute approximate surface area is 234 Å². The highest BCUT2D eigenvalue weighted by Gasteiger charge is 2.44. The summed E-state index contributed by atoms with van der Waals surface area (Å²) < 4.78 is 11.7. The molecule has 39 heavy (non-hydrogen) atoms. The van der Waals surface area contributed by atoms with Crippen molar-refractivity contribution in [3.8, 4) is 5.75 Å². The number of thioether (sulfide) groups is 1. The highest BCUT2D eigenvalue weighted by molar-refractivity contribution is 7.99. The van der Waals surface area contributed by atoms with Gasteiger partial charge in [-0.15, -0.1) is 11.8 Å². The van der Waals surface area contributed by atoms with Crippen LogP contribution >= 0.6 is 11.8 Å². The molecule has 0 aliphatic carbocycles. The number of hydrogen-bond donors (Lipinski definition) is 6. The Kier molecular flexibility index (Phi) is 11.6. The van der Waals surface area contributed by atoms with Crippen LogP contribution in [0.5, 0.6) is 5.75 Å². The molecular weight excluding hydrogens is 522 g/mol. The predicted molar refractivity (Wildman–Crippen MR) is 150 cm³/mol. The number of nitrogens with one attached hydrogen (secondary N) is 1. The number of carbonyl (C=O) groups is 1. The van der Waals surface area contributed by atoms with Crippen LogP contribution in [-0.4, -0.2) is 86.8 Å². The van der Waals surface area contributed by atoms with E-state index < -0.39 is 35.4 Å². The van der Waals surface area contributed by atoms with Crippen LogP contribution < -0.4 is 10.1 Å². The van der Waals surface area contributed by atoms with Gasteiger partial charge in [-0.05, 0) is 73.8 Å². The predicted octanol–water partition coefficient (Wildman–Crippen LogP) is 1.84. The molecule has 1 heterocycles. The normalized spacial score (nSPS) is 23.4. The lowest BCUT2D eigenvalue weighted by molar-refractivity contribution is -0.200. The van der Waals surface area contributed by atoms with Crippen molar-refractivity contribution < 1.29 is 39.8 Å². The Balaban J connectivity index is 1.52. The number of aliphatic hydroxyl groups is 5. The third-order valence-electron chi connectivity index (χ3n) is 7.03. The van der Waals surface area contributed by atoms with E-state index in [1.807, 2.05) is 49.4 Å². The largest absolute Gasteiger partial charge is 0.494 e. The Morgan fingerprint density at radius 1 is 1.03 bits per heavy atom. The van der Waals surface area contributed by atoms with Crippen LogP contribution in [0, 0.1) is 6.92 Å². The van der Waals surface area contributed by atoms with Gasteiger partial charge in [-0.3, -0.25) is 4.79 Å². The van der Waals surface area contributed by atoms with Gasteiger partial charge in [0.25, 0.3) is 0 Å². The van der Waals surface area contributed by atoms with Crippen molar-refractivity contribution in [2.24, 2.45) is 0 Å². The number of benzene rings is 2. The van der Waals surface area contributed by atoms with Gasteiger partial charge in [-0.2, -0.15) is 0 Å². The van der Waals surface area contributed by atoms with Crippen LogP contribution in [0.25, 0.3) is 0 Å². The second-order valence-electron chi connectivity index (χ2n) is 10.4. The van der Waals surface area contributed by atoms with Gasteiger partial charge in [-0.25, -0.2) is 0 Å². The van der Waals surface area contributed by atoms with Crippen LogP contribution in [-0.2, 0) is 16.0 Å². The Morgan fingerprint density at radius 2 is 1.72 bits per heavy atom. The van der Waals surface area contributed by atoms with Crippen LogP contribution in [0.3, 0.4) is 0 Å². The summed E-state index contributed by atoms with van der Waals surface area (Å²) in [4.78, 5) is 12.0. The fraction of sp³-hybridized carbons (Fsp3) is 0.552. The Morgan fingerprint density at radius 3 is 2.36 bits per heavy atom. The average molecular weight is 564 g/mol. The highest BCUT2D eigenvalue weighted by Crippen LogP contribution is 2.36. The van der Waals surface area contributed by atoms with Crippen molar-refractivity contribution >= 4 is 17.7 Å². The number of aryl methyl sites for hydroxylation is 1. The lowest BCUT2D eigenvalue weighted by atomic mass is 9.91. The van der Waals surface area contributed by atoms with E-state index in [1.165, 1.54) is 11.8 Å². The van der Waals surface area contributed by atoms with Gasteiger partial charge in [0, 0.05) is 6.42 Å². The topological polar surface area (TPSA) is 149 Å². The number of unbranched alkanes of at least 4 members (excludes halogenated alkanes) is 1. The third-order valence-corrected chi connectivity index (χ3v) is 7.88. The van der Waals surface area contributed by atoms with E-state index in [0.29, 0.717) is 25.9 Å². The number of ether oxygens (including phenoxy) is 2. The van der Waals surface area contributed by atoms with Gasteiger partial charge < -0.3 is 40.3 Å². The summed E-state index contributed by atoms with van der Waals surface area (Å²) in [6, 6.07) is 13.6. The van der Waals surface area contributed by atoms with Crippen LogP contribution in [0.15, 0.2) is 42.5 Å². The number of amides is 1. The second-order valence-corrected chi connectivity index (χ2v) is 11.3. The smallest absolute Gasteiger partial charge is 0.220 e. The number of hydrogen-bond acceptors (Lipinski definition) is 9. The van der Waals surface area contributed by atoms with Crippen molar-refractivity contribution in [3.63, 3.8) is 0 Å². The molecule has 9 nitrogen and oxygen atoms in total. The number of carbonyl (C=O) groups excluding carboxylic acids is 1. The molecule has 0 unspecified atom stereocenters. The van der Waals surface area contributed by atoms with Gasteiger partial charge in [0.05, 0.1) is 25.4 Å². The second kappa shape index (κ2) is 14.5. The molecule has 0 saturated carbocycles. The number of aliphatic hydroxyl groups excluding tert-OH is 5. The summed E-state index contributed by atoms with van der Waals surface area (Å²) in [5, 5.41) is 52.2. The van der Waals surface area contributed by atoms with Gasteiger partial charge in [-0.1, -0.05) is 30.3 Å². The maximum atomic E-state index is 12.0. The fourth-order valence-corrected chi connectivity index (χ4v) is 5.08. The van der Waals surface area contributed by atoms with Crippen molar-refractivity contribution in [1.82, 2.24) is 5.32 Å². The molecule has 1 aliphatic heterocycles. The number of rotatable bonds is 13. The van der Waals surface area contributed by atoms with E-state index in [-0.39, 0.29) is 25.5 Å². The molecule has 216 valence electrons. The molecule has 0 bridgehead atoms. The van der Waals surface area contributed by atoms with Gasteiger partial charge in [0.2, 0.25) is 5.91 Å². The van der Waals surface area contributed by atoms with Crippen molar-refractivity contribution in [2.45, 2.75) is 74.9 Å². The molecule has 10 heteroatoms. The molecule has 0 radical (unpaired) electrons. The molecule has 1 amide bonds. The first-order valence-electron chi connectivity index (χ1n) is 13.2. The minimum absolute atomic E-state index is 0.216. The SMILES string of the molecule is CS[C@H]1O[C@@H](c2ccc(C)c(Cc3ccc(OCCCCC(=O)NC(C)(CO)CO)cc3)c2)[C@H](O)[C@@H](O)[C@@H]1O. The van der Waals surface area contributed by atoms with Gasteiger partial charge in [0.15, 0.2) is 0 Å². The van der Waals surface area contributed by atoms with Crippen LogP contribution in [0.4, 0.5) is 0 Å². The molecule has 3 rings (SSSR count). The van der Waals surface area contributed by atoms with E-state index in [0.717, 1.165) is 28.0 Å². The van der Waals surface area contributed by atoms with E-state index in [9.17, 15) is 30.3 Å². The van der Waals surface area contributed by atoms with Crippen LogP contribution in [0.1, 0.15) is 54.5 Å². The molecule has 2 aromatic rings. The zero-order valence-corrected chi connectivity index (χ0v) is 23.6. The summed E-state index contributed by atoms with van der Waals surface area (Å²) >= 11 is 1.29. The summed E-state index contributed by atoms with van der Waals surface area (Å²) in [6.07, 6.45) is -0.362. The Hall–Kier alpha value is -2.18. The highest BCUT2D eigenvalue weighted by atomic mass is 32.2. The third kappa shape index (κ3) is 8.40. The maximum Gasteiger partial charge on any atom is 0.220 e. The Bertz CT molecular complexity index is 1060. The minimum Gasteiger partial charge on any atom is -0.494 e. The minimum atomic E-state index is -1.29. The van der Waals surface area contributed by atoms with Gasteiger partial charge in [0.1, 0.15) is 35.6 Å². The van der Waals surface area contributed by atoms with Crippen LogP contribution in [0.2, 0.25) is 0 Å².